The van der Waals surface area contributed by atoms with Crippen LogP contribution in [-0.4, -0.2) is 36.0 Å². The van der Waals surface area contributed by atoms with Crippen LogP contribution in [0.15, 0.2) is 45.1 Å². The van der Waals surface area contributed by atoms with Gasteiger partial charge in [-0.3, -0.25) is 0 Å². The highest BCUT2D eigenvalue weighted by molar-refractivity contribution is 7.89. The molecule has 0 unspecified atom stereocenters. The predicted octanol–water partition coefficient (Wildman–Crippen LogP) is 4.98. The Kier molecular flexibility index (Phi) is 6.43. The molecule has 1 fully saturated rings. The number of thiophene rings is 1. The molecule has 3 aromatic rings. The van der Waals surface area contributed by atoms with Gasteiger partial charge in [0, 0.05) is 11.1 Å². The lowest BCUT2D eigenvalue weighted by molar-refractivity contribution is 0.222. The van der Waals surface area contributed by atoms with E-state index in [1.807, 2.05) is 17.5 Å². The number of halogens is 1. The van der Waals surface area contributed by atoms with Crippen LogP contribution in [0.2, 0.25) is 5.02 Å². The SMILES string of the molecule is COc1ccc(Cl)cc1S(=O)(=O)N(Cc1nc(-c2cccs2)no1)C1CCCCC1. The van der Waals surface area contributed by atoms with Gasteiger partial charge in [-0.1, -0.05) is 42.1 Å². The maximum Gasteiger partial charge on any atom is 0.247 e. The molecule has 0 amide bonds. The highest BCUT2D eigenvalue weighted by Gasteiger charge is 2.36. The van der Waals surface area contributed by atoms with Gasteiger partial charge < -0.3 is 9.26 Å². The zero-order valence-electron chi connectivity index (χ0n) is 16.5. The second-order valence-corrected chi connectivity index (χ2v) is 10.4. The van der Waals surface area contributed by atoms with Gasteiger partial charge in [-0.05, 0) is 42.5 Å². The molecule has 0 spiro atoms. The minimum atomic E-state index is -3.91. The fourth-order valence-corrected chi connectivity index (χ4v) is 6.42. The van der Waals surface area contributed by atoms with Gasteiger partial charge >= 0.3 is 0 Å². The number of hydrogen-bond donors (Lipinski definition) is 0. The summed E-state index contributed by atoms with van der Waals surface area (Å²) in [4.78, 5) is 5.34. The van der Waals surface area contributed by atoms with E-state index in [-0.39, 0.29) is 29.1 Å². The zero-order chi connectivity index (χ0) is 21.1. The minimum absolute atomic E-state index is 0.00103. The quantitative estimate of drug-likeness (QED) is 0.487. The van der Waals surface area contributed by atoms with Crippen LogP contribution >= 0.6 is 22.9 Å². The molecule has 160 valence electrons. The van der Waals surface area contributed by atoms with Crippen molar-refractivity contribution in [1.29, 1.82) is 0 Å². The lowest BCUT2D eigenvalue weighted by Gasteiger charge is -2.32. The van der Waals surface area contributed by atoms with E-state index < -0.39 is 10.0 Å². The van der Waals surface area contributed by atoms with Crippen molar-refractivity contribution in [2.75, 3.05) is 7.11 Å². The Morgan fingerprint density at radius 2 is 2.07 bits per heavy atom. The fourth-order valence-electron chi connectivity index (χ4n) is 3.72. The van der Waals surface area contributed by atoms with Crippen LogP contribution in [0.25, 0.3) is 10.7 Å². The van der Waals surface area contributed by atoms with Crippen molar-refractivity contribution < 1.29 is 17.7 Å². The third-order valence-corrected chi connectivity index (χ3v) is 8.22. The molecule has 1 aliphatic rings. The van der Waals surface area contributed by atoms with Gasteiger partial charge in [0.15, 0.2) is 0 Å². The Balaban J connectivity index is 1.70. The summed E-state index contributed by atoms with van der Waals surface area (Å²) in [6.07, 6.45) is 4.64. The van der Waals surface area contributed by atoms with Crippen molar-refractivity contribution in [3.63, 3.8) is 0 Å². The highest BCUT2D eigenvalue weighted by Crippen LogP contribution is 2.34. The number of hydrogen-bond acceptors (Lipinski definition) is 7. The van der Waals surface area contributed by atoms with E-state index >= 15 is 0 Å². The molecular formula is C20H22ClN3O4S2. The Morgan fingerprint density at radius 3 is 2.77 bits per heavy atom. The molecule has 2 aromatic heterocycles. The molecule has 10 heteroatoms. The smallest absolute Gasteiger partial charge is 0.247 e. The second-order valence-electron chi connectivity index (χ2n) is 7.13. The predicted molar refractivity (Wildman–Crippen MR) is 115 cm³/mol. The molecule has 1 aromatic carbocycles. The van der Waals surface area contributed by atoms with Crippen molar-refractivity contribution in [2.24, 2.45) is 0 Å². The highest BCUT2D eigenvalue weighted by atomic mass is 35.5. The van der Waals surface area contributed by atoms with E-state index in [0.717, 1.165) is 37.0 Å². The van der Waals surface area contributed by atoms with Crippen molar-refractivity contribution in [1.82, 2.24) is 14.4 Å². The van der Waals surface area contributed by atoms with Crippen LogP contribution < -0.4 is 4.74 Å². The van der Waals surface area contributed by atoms with Crippen molar-refractivity contribution in [3.8, 4) is 16.5 Å². The molecule has 0 bridgehead atoms. The van der Waals surface area contributed by atoms with Crippen molar-refractivity contribution in [2.45, 2.75) is 49.6 Å². The average Bonchev–Trinajstić information content (AvgIpc) is 3.44. The minimum Gasteiger partial charge on any atom is -0.495 e. The summed E-state index contributed by atoms with van der Waals surface area (Å²) in [6, 6.07) is 8.25. The maximum absolute atomic E-state index is 13.7. The number of nitrogens with zero attached hydrogens (tertiary/aromatic N) is 3. The summed E-state index contributed by atoms with van der Waals surface area (Å²) in [5.41, 5.74) is 0. The number of sulfonamides is 1. The standard InChI is InChI=1S/C20H22ClN3O4S2/c1-27-16-10-9-14(21)12-18(16)30(25,26)24(15-6-3-2-4-7-15)13-19-22-20(23-28-19)17-8-5-11-29-17/h5,8-12,15H,2-4,6-7,13H2,1H3. The first-order chi connectivity index (χ1) is 14.5. The van der Waals surface area contributed by atoms with Crippen LogP contribution in [0.4, 0.5) is 0 Å². The molecule has 30 heavy (non-hydrogen) atoms. The molecule has 1 saturated carbocycles. The molecule has 7 nitrogen and oxygen atoms in total. The van der Waals surface area contributed by atoms with E-state index in [4.69, 9.17) is 20.9 Å². The normalized spacial score (nSPS) is 15.6. The number of rotatable bonds is 7. The summed E-state index contributed by atoms with van der Waals surface area (Å²) in [5.74, 6) is 0.972. The number of methoxy groups -OCH3 is 1. The summed E-state index contributed by atoms with van der Waals surface area (Å²) in [7, 11) is -2.47. The van der Waals surface area contributed by atoms with Gasteiger partial charge in [0.25, 0.3) is 0 Å². The monoisotopic (exact) mass is 467 g/mol. The Bertz CT molecular complexity index is 1090. The number of benzene rings is 1. The summed E-state index contributed by atoms with van der Waals surface area (Å²) in [6.45, 7) is 0.00103. The topological polar surface area (TPSA) is 85.5 Å². The molecule has 2 heterocycles. The Morgan fingerprint density at radius 1 is 1.27 bits per heavy atom. The van der Waals surface area contributed by atoms with Gasteiger partial charge in [0.2, 0.25) is 21.7 Å². The van der Waals surface area contributed by atoms with Gasteiger partial charge in [-0.25, -0.2) is 8.42 Å². The zero-order valence-corrected chi connectivity index (χ0v) is 18.8. The molecule has 0 aliphatic heterocycles. The summed E-state index contributed by atoms with van der Waals surface area (Å²) >= 11 is 7.61. The van der Waals surface area contributed by atoms with E-state index in [0.29, 0.717) is 10.8 Å². The van der Waals surface area contributed by atoms with Gasteiger partial charge in [0.05, 0.1) is 18.5 Å². The fraction of sp³-hybridized carbons (Fsp3) is 0.400. The molecule has 0 N–H and O–H groups in total. The second kappa shape index (κ2) is 9.05. The lowest BCUT2D eigenvalue weighted by Crippen LogP contribution is -2.41. The van der Waals surface area contributed by atoms with Gasteiger partial charge in [0.1, 0.15) is 10.6 Å². The Hall–Kier alpha value is -1.94. The number of aromatic nitrogens is 2. The molecule has 4 rings (SSSR count). The average molecular weight is 468 g/mol. The van der Waals surface area contributed by atoms with E-state index in [9.17, 15) is 8.42 Å². The van der Waals surface area contributed by atoms with Crippen LogP contribution in [0.1, 0.15) is 38.0 Å². The maximum atomic E-state index is 13.7. The summed E-state index contributed by atoms with van der Waals surface area (Å²) in [5, 5.41) is 6.27. The van der Waals surface area contributed by atoms with E-state index in [2.05, 4.69) is 10.1 Å². The van der Waals surface area contributed by atoms with Crippen molar-refractivity contribution >= 4 is 33.0 Å². The van der Waals surface area contributed by atoms with Crippen LogP contribution in [0.5, 0.6) is 5.75 Å². The van der Waals surface area contributed by atoms with Crippen LogP contribution in [-0.2, 0) is 16.6 Å². The molecular weight excluding hydrogens is 446 g/mol. The molecule has 0 atom stereocenters. The van der Waals surface area contributed by atoms with E-state index in [1.165, 1.54) is 28.8 Å². The van der Waals surface area contributed by atoms with Gasteiger partial charge in [-0.15, -0.1) is 11.3 Å². The third-order valence-electron chi connectivity index (χ3n) is 5.20. The first-order valence-corrected chi connectivity index (χ1v) is 12.4. The van der Waals surface area contributed by atoms with E-state index in [1.54, 1.807) is 12.1 Å². The van der Waals surface area contributed by atoms with Crippen molar-refractivity contribution in [3.05, 3.63) is 46.6 Å². The molecule has 1 aliphatic carbocycles. The van der Waals surface area contributed by atoms with Crippen LogP contribution in [0, 0.1) is 0 Å². The largest absolute Gasteiger partial charge is 0.495 e. The Labute approximate surface area is 184 Å². The molecule has 0 saturated heterocycles. The molecule has 0 radical (unpaired) electrons. The van der Waals surface area contributed by atoms with Crippen LogP contribution in [0.3, 0.4) is 0 Å². The third kappa shape index (κ3) is 4.39. The summed E-state index contributed by atoms with van der Waals surface area (Å²) < 4.78 is 39.6. The van der Waals surface area contributed by atoms with Gasteiger partial charge in [-0.2, -0.15) is 9.29 Å². The first kappa shape index (κ1) is 21.3. The number of ether oxygens (including phenoxy) is 1. The first-order valence-electron chi connectivity index (χ1n) is 9.71. The lowest BCUT2D eigenvalue weighted by atomic mass is 9.95.